The van der Waals surface area contributed by atoms with Crippen molar-refractivity contribution in [3.05, 3.63) is 69.7 Å². The van der Waals surface area contributed by atoms with E-state index in [1.165, 1.54) is 0 Å². The Bertz CT molecular complexity index is 1050. The van der Waals surface area contributed by atoms with Crippen molar-refractivity contribution in [3.63, 3.8) is 0 Å². The fraction of sp³-hybridized carbons (Fsp3) is 0.304. The molecule has 0 fully saturated rings. The number of para-hydroxylation sites is 1. The van der Waals surface area contributed by atoms with Crippen LogP contribution in [-0.4, -0.2) is 18.3 Å². The number of amides is 1. The zero-order chi connectivity index (χ0) is 19.6. The van der Waals surface area contributed by atoms with Crippen molar-refractivity contribution < 1.29 is 14.3 Å². The van der Waals surface area contributed by atoms with E-state index in [-0.39, 0.29) is 29.8 Å². The van der Waals surface area contributed by atoms with Crippen LogP contribution in [0.4, 0.5) is 5.69 Å². The van der Waals surface area contributed by atoms with Crippen LogP contribution in [0.2, 0.25) is 0 Å². The lowest BCUT2D eigenvalue weighted by Gasteiger charge is -2.51. The maximum absolute atomic E-state index is 13.6. The van der Waals surface area contributed by atoms with Gasteiger partial charge in [0.1, 0.15) is 18.1 Å². The highest BCUT2D eigenvalue weighted by molar-refractivity contribution is 9.10. The Balaban J connectivity index is 1.87. The van der Waals surface area contributed by atoms with Gasteiger partial charge in [-0.05, 0) is 42.3 Å². The van der Waals surface area contributed by atoms with E-state index in [4.69, 9.17) is 4.74 Å². The molecule has 4 nitrogen and oxygen atoms in total. The van der Waals surface area contributed by atoms with E-state index in [0.717, 1.165) is 33.3 Å². The summed E-state index contributed by atoms with van der Waals surface area (Å²) in [5.74, 6) is 0.334. The summed E-state index contributed by atoms with van der Waals surface area (Å²) in [5, 5.41) is 3.09. The quantitative estimate of drug-likeness (QED) is 0.663. The molecule has 0 aromatic heterocycles. The van der Waals surface area contributed by atoms with E-state index in [1.54, 1.807) is 0 Å². The maximum Gasteiger partial charge on any atom is 0.236 e. The minimum atomic E-state index is -0.847. The normalized spacial score (nSPS) is 32.5. The first-order valence-corrected chi connectivity index (χ1v) is 10.3. The monoisotopic (exact) mass is 437 g/mol. The molecule has 2 aromatic rings. The number of anilines is 1. The van der Waals surface area contributed by atoms with Gasteiger partial charge in [0.2, 0.25) is 5.91 Å². The van der Waals surface area contributed by atoms with Crippen molar-refractivity contribution in [2.24, 2.45) is 11.8 Å². The lowest BCUT2D eigenvalue weighted by Crippen LogP contribution is -2.55. The first-order chi connectivity index (χ1) is 13.5. The second-order valence-corrected chi connectivity index (χ2v) is 8.85. The minimum absolute atomic E-state index is 0.0383. The number of hydrogen-bond donors (Lipinski definition) is 1. The molecule has 28 heavy (non-hydrogen) atoms. The fourth-order valence-corrected chi connectivity index (χ4v) is 5.87. The molecule has 2 heterocycles. The molecule has 5 atom stereocenters. The Kier molecular flexibility index (Phi) is 3.82. The van der Waals surface area contributed by atoms with Crippen LogP contribution in [0.15, 0.2) is 58.6 Å². The predicted octanol–water partition coefficient (Wildman–Crippen LogP) is 4.59. The number of benzene rings is 2. The van der Waals surface area contributed by atoms with Gasteiger partial charge < -0.3 is 10.1 Å². The van der Waals surface area contributed by atoms with Gasteiger partial charge in [-0.1, -0.05) is 47.1 Å². The standard InChI is InChI=1S/C23H20BrNO3/c1-12-14(11-26)9-16-13(2)28-20-8-7-15(24)10-17(20)21(16)23(12)18-5-3-4-6-19(18)25-22(23)27/h3-13,16,21H,1-2H3,(H,25,27)/t12-,13-,16-,21+,23-/m1/s1. The van der Waals surface area contributed by atoms with Gasteiger partial charge in [-0.2, -0.15) is 0 Å². The number of hydrogen-bond acceptors (Lipinski definition) is 3. The predicted molar refractivity (Wildman–Crippen MR) is 111 cm³/mol. The summed E-state index contributed by atoms with van der Waals surface area (Å²) in [5.41, 5.74) is 2.63. The first kappa shape index (κ1) is 17.7. The molecule has 0 unspecified atom stereocenters. The van der Waals surface area contributed by atoms with Gasteiger partial charge in [-0.3, -0.25) is 9.59 Å². The lowest BCUT2D eigenvalue weighted by molar-refractivity contribution is -0.125. The van der Waals surface area contributed by atoms with Crippen LogP contribution in [0, 0.1) is 11.8 Å². The highest BCUT2D eigenvalue weighted by Crippen LogP contribution is 2.62. The van der Waals surface area contributed by atoms with Crippen molar-refractivity contribution in [3.8, 4) is 5.75 Å². The summed E-state index contributed by atoms with van der Waals surface area (Å²) in [6.07, 6.45) is 2.79. The van der Waals surface area contributed by atoms with E-state index >= 15 is 0 Å². The van der Waals surface area contributed by atoms with E-state index in [1.807, 2.05) is 56.3 Å². The fourth-order valence-electron chi connectivity index (χ4n) is 5.49. The van der Waals surface area contributed by atoms with Crippen molar-refractivity contribution in [1.29, 1.82) is 0 Å². The third-order valence-electron chi connectivity index (χ3n) is 6.74. The van der Waals surface area contributed by atoms with Crippen molar-refractivity contribution in [2.45, 2.75) is 31.3 Å². The molecule has 1 amide bonds. The highest BCUT2D eigenvalue weighted by Gasteiger charge is 2.62. The molecule has 0 bridgehead atoms. The molecule has 2 aromatic carbocycles. The molecule has 0 radical (unpaired) electrons. The third-order valence-corrected chi connectivity index (χ3v) is 7.23. The number of halogens is 1. The SMILES string of the molecule is C[C@@H]1C(C=O)=C[C@H]2[C@@H](c3cc(Br)ccc3O[C@@H]2C)[C@@]12C(=O)Nc1ccccc12. The summed E-state index contributed by atoms with van der Waals surface area (Å²) < 4.78 is 7.14. The van der Waals surface area contributed by atoms with Crippen molar-refractivity contribution in [1.82, 2.24) is 0 Å². The Labute approximate surface area is 172 Å². The molecular formula is C23H20BrNO3. The largest absolute Gasteiger partial charge is 0.490 e. The number of nitrogens with one attached hydrogen (secondary N) is 1. The Hall–Kier alpha value is -2.40. The van der Waals surface area contributed by atoms with Gasteiger partial charge in [0.25, 0.3) is 0 Å². The Morgan fingerprint density at radius 1 is 1.18 bits per heavy atom. The van der Waals surface area contributed by atoms with Crippen LogP contribution in [0.5, 0.6) is 5.75 Å². The first-order valence-electron chi connectivity index (χ1n) is 9.52. The molecule has 5 heteroatoms. The van der Waals surface area contributed by atoms with E-state index in [0.29, 0.717) is 5.57 Å². The molecule has 5 rings (SSSR count). The van der Waals surface area contributed by atoms with Crippen LogP contribution in [0.3, 0.4) is 0 Å². The smallest absolute Gasteiger partial charge is 0.236 e. The van der Waals surface area contributed by atoms with Crippen LogP contribution < -0.4 is 10.1 Å². The molecule has 142 valence electrons. The van der Waals surface area contributed by atoms with Gasteiger partial charge in [0.15, 0.2) is 0 Å². The number of allylic oxidation sites excluding steroid dienone is 1. The van der Waals surface area contributed by atoms with Gasteiger partial charge in [0, 0.05) is 33.5 Å². The van der Waals surface area contributed by atoms with E-state index in [2.05, 4.69) is 27.3 Å². The summed E-state index contributed by atoms with van der Waals surface area (Å²) in [6, 6.07) is 13.8. The van der Waals surface area contributed by atoms with Crippen molar-refractivity contribution in [2.75, 3.05) is 5.32 Å². The zero-order valence-electron chi connectivity index (χ0n) is 15.6. The van der Waals surface area contributed by atoms with Gasteiger partial charge >= 0.3 is 0 Å². The number of rotatable bonds is 1. The summed E-state index contributed by atoms with van der Waals surface area (Å²) in [4.78, 5) is 25.6. The molecule has 1 spiro atoms. The lowest BCUT2D eigenvalue weighted by atomic mass is 9.52. The number of carbonyl (C=O) groups is 2. The topological polar surface area (TPSA) is 55.4 Å². The molecule has 2 aliphatic heterocycles. The average Bonchev–Trinajstić information content (AvgIpc) is 2.97. The molecule has 0 saturated heterocycles. The van der Waals surface area contributed by atoms with Crippen LogP contribution >= 0.6 is 15.9 Å². The minimum Gasteiger partial charge on any atom is -0.490 e. The van der Waals surface area contributed by atoms with Crippen LogP contribution in [0.1, 0.15) is 30.9 Å². The highest BCUT2D eigenvalue weighted by atomic mass is 79.9. The summed E-state index contributed by atoms with van der Waals surface area (Å²) in [7, 11) is 0. The Morgan fingerprint density at radius 3 is 2.75 bits per heavy atom. The number of ether oxygens (including phenoxy) is 1. The second-order valence-electron chi connectivity index (χ2n) is 7.94. The number of fused-ring (bicyclic) bond motifs is 6. The average molecular weight is 438 g/mol. The Morgan fingerprint density at radius 2 is 1.96 bits per heavy atom. The second kappa shape index (κ2) is 6.05. The molecule has 1 N–H and O–H groups in total. The van der Waals surface area contributed by atoms with Crippen molar-refractivity contribution >= 4 is 33.8 Å². The molecular weight excluding hydrogens is 418 g/mol. The van der Waals surface area contributed by atoms with Gasteiger partial charge in [-0.25, -0.2) is 0 Å². The zero-order valence-corrected chi connectivity index (χ0v) is 17.2. The third kappa shape index (κ3) is 2.11. The number of aldehydes is 1. The van der Waals surface area contributed by atoms with E-state index in [9.17, 15) is 9.59 Å². The maximum atomic E-state index is 13.6. The molecule has 1 aliphatic carbocycles. The van der Waals surface area contributed by atoms with Crippen LogP contribution in [0.25, 0.3) is 0 Å². The summed E-state index contributed by atoms with van der Waals surface area (Å²) in [6.45, 7) is 4.01. The molecule has 0 saturated carbocycles. The number of carbonyl (C=O) groups excluding carboxylic acids is 2. The molecule has 3 aliphatic rings. The van der Waals surface area contributed by atoms with Gasteiger partial charge in [0.05, 0.1) is 5.41 Å². The summed E-state index contributed by atoms with van der Waals surface area (Å²) >= 11 is 3.58. The van der Waals surface area contributed by atoms with Gasteiger partial charge in [-0.15, -0.1) is 0 Å². The van der Waals surface area contributed by atoms with E-state index < -0.39 is 5.41 Å². The van der Waals surface area contributed by atoms with Crippen LogP contribution in [-0.2, 0) is 15.0 Å².